The molecule has 0 aliphatic rings. The minimum Gasteiger partial charge on any atom is -0.435 e. The van der Waals surface area contributed by atoms with Crippen LogP contribution in [0.5, 0.6) is 5.75 Å². The van der Waals surface area contributed by atoms with Gasteiger partial charge in [0.15, 0.2) is 5.78 Å². The van der Waals surface area contributed by atoms with Crippen LogP contribution in [0.15, 0.2) is 42.5 Å². The molecule has 0 unspecified atom stereocenters. The summed E-state index contributed by atoms with van der Waals surface area (Å²) in [6.45, 7) is -1.17. The van der Waals surface area contributed by atoms with Crippen molar-refractivity contribution in [2.45, 2.75) is 20.0 Å². The average Bonchev–Trinajstić information content (AvgIpc) is 2.42. The third kappa shape index (κ3) is 4.08. The maximum absolute atomic E-state index is 13.0. The monoisotopic (exact) mass is 294 g/mol. The SMILES string of the molecule is Cc1cc(F)ccc1CC(=O)c1ccc(OC(F)F)cc1. The second-order valence-corrected chi connectivity index (χ2v) is 4.57. The largest absolute Gasteiger partial charge is 0.435 e. The first kappa shape index (κ1) is 15.1. The van der Waals surface area contributed by atoms with Crippen molar-refractivity contribution in [2.24, 2.45) is 0 Å². The Morgan fingerprint density at radius 3 is 2.38 bits per heavy atom. The van der Waals surface area contributed by atoms with Crippen molar-refractivity contribution in [3.63, 3.8) is 0 Å². The van der Waals surface area contributed by atoms with E-state index in [1.54, 1.807) is 13.0 Å². The maximum atomic E-state index is 13.0. The number of ketones is 1. The van der Waals surface area contributed by atoms with Crippen molar-refractivity contribution in [1.29, 1.82) is 0 Å². The molecule has 0 amide bonds. The highest BCUT2D eigenvalue weighted by Crippen LogP contribution is 2.17. The molecule has 0 heterocycles. The van der Waals surface area contributed by atoms with Crippen LogP contribution in [-0.2, 0) is 6.42 Å². The molecule has 0 atom stereocenters. The van der Waals surface area contributed by atoms with Crippen LogP contribution in [0.3, 0.4) is 0 Å². The molecule has 0 aliphatic carbocycles. The number of benzene rings is 2. The van der Waals surface area contributed by atoms with E-state index in [4.69, 9.17) is 0 Å². The van der Waals surface area contributed by atoms with Gasteiger partial charge < -0.3 is 4.74 Å². The van der Waals surface area contributed by atoms with Crippen LogP contribution in [0.25, 0.3) is 0 Å². The van der Waals surface area contributed by atoms with Crippen LogP contribution >= 0.6 is 0 Å². The zero-order chi connectivity index (χ0) is 15.4. The summed E-state index contributed by atoms with van der Waals surface area (Å²) in [4.78, 5) is 12.1. The highest BCUT2D eigenvalue weighted by molar-refractivity contribution is 5.97. The van der Waals surface area contributed by atoms with E-state index >= 15 is 0 Å². The summed E-state index contributed by atoms with van der Waals surface area (Å²) in [5.41, 5.74) is 1.82. The second kappa shape index (κ2) is 6.43. The van der Waals surface area contributed by atoms with Crippen LogP contribution in [0.4, 0.5) is 13.2 Å². The highest BCUT2D eigenvalue weighted by Gasteiger charge is 2.10. The first-order valence-corrected chi connectivity index (χ1v) is 6.29. The Hall–Kier alpha value is -2.30. The third-order valence-electron chi connectivity index (χ3n) is 3.06. The molecule has 21 heavy (non-hydrogen) atoms. The van der Waals surface area contributed by atoms with Crippen LogP contribution in [-0.4, -0.2) is 12.4 Å². The minimum absolute atomic E-state index is 0.000451. The van der Waals surface area contributed by atoms with Crippen LogP contribution < -0.4 is 4.74 Å². The summed E-state index contributed by atoms with van der Waals surface area (Å²) in [6, 6.07) is 9.72. The normalized spacial score (nSPS) is 10.7. The molecule has 0 fully saturated rings. The van der Waals surface area contributed by atoms with Crippen LogP contribution in [0, 0.1) is 12.7 Å². The van der Waals surface area contributed by atoms with E-state index < -0.39 is 6.61 Å². The zero-order valence-electron chi connectivity index (χ0n) is 11.3. The number of aryl methyl sites for hydroxylation is 1. The fourth-order valence-electron chi connectivity index (χ4n) is 1.95. The van der Waals surface area contributed by atoms with E-state index in [0.29, 0.717) is 11.1 Å². The Morgan fingerprint density at radius 2 is 1.81 bits per heavy atom. The van der Waals surface area contributed by atoms with Gasteiger partial charge in [0.25, 0.3) is 0 Å². The molecule has 0 saturated heterocycles. The van der Waals surface area contributed by atoms with E-state index in [-0.39, 0.29) is 23.8 Å². The van der Waals surface area contributed by atoms with Gasteiger partial charge in [-0.15, -0.1) is 0 Å². The molecule has 0 radical (unpaired) electrons. The Morgan fingerprint density at radius 1 is 1.14 bits per heavy atom. The third-order valence-corrected chi connectivity index (χ3v) is 3.06. The Bertz CT molecular complexity index is 636. The van der Waals surface area contributed by atoms with Gasteiger partial charge in [0.2, 0.25) is 0 Å². The van der Waals surface area contributed by atoms with E-state index in [2.05, 4.69) is 4.74 Å². The zero-order valence-corrected chi connectivity index (χ0v) is 11.3. The van der Waals surface area contributed by atoms with Crippen LogP contribution in [0.1, 0.15) is 21.5 Å². The standard InChI is InChI=1S/C16H13F3O2/c1-10-8-13(17)5-2-12(10)9-15(20)11-3-6-14(7-4-11)21-16(18)19/h2-8,16H,9H2,1H3. The lowest BCUT2D eigenvalue weighted by atomic mass is 9.99. The molecule has 110 valence electrons. The molecule has 2 rings (SSSR count). The van der Waals surface area contributed by atoms with Gasteiger partial charge in [-0.25, -0.2) is 4.39 Å². The number of alkyl halides is 2. The van der Waals surface area contributed by atoms with E-state index in [1.165, 1.54) is 36.4 Å². The molecule has 2 aromatic carbocycles. The van der Waals surface area contributed by atoms with Gasteiger partial charge in [-0.05, 0) is 54.4 Å². The fraction of sp³-hybridized carbons (Fsp3) is 0.188. The topological polar surface area (TPSA) is 26.3 Å². The van der Waals surface area contributed by atoms with E-state index in [9.17, 15) is 18.0 Å². The van der Waals surface area contributed by atoms with Gasteiger partial charge in [-0.3, -0.25) is 4.79 Å². The summed E-state index contributed by atoms with van der Waals surface area (Å²) in [6.07, 6.45) is 0.126. The predicted octanol–water partition coefficient (Wildman–Crippen LogP) is 4.16. The van der Waals surface area contributed by atoms with Crippen molar-refractivity contribution in [1.82, 2.24) is 0 Å². The number of hydrogen-bond donors (Lipinski definition) is 0. The summed E-state index contributed by atoms with van der Waals surface area (Å²) in [5, 5.41) is 0. The summed E-state index contributed by atoms with van der Waals surface area (Å²) in [5.74, 6) is -0.523. The van der Waals surface area contributed by atoms with Gasteiger partial charge in [0.05, 0.1) is 0 Å². The average molecular weight is 294 g/mol. The lowest BCUT2D eigenvalue weighted by molar-refractivity contribution is -0.0498. The molecular formula is C16H13F3O2. The molecule has 2 aromatic rings. The van der Waals surface area contributed by atoms with Crippen LogP contribution in [0.2, 0.25) is 0 Å². The number of Topliss-reactive ketones (excluding diaryl/α,β-unsaturated/α-hetero) is 1. The molecule has 2 nitrogen and oxygen atoms in total. The summed E-state index contributed by atoms with van der Waals surface area (Å²) in [7, 11) is 0. The molecule has 0 N–H and O–H groups in total. The molecule has 0 bridgehead atoms. The number of ether oxygens (including phenoxy) is 1. The molecule has 0 saturated carbocycles. The van der Waals surface area contributed by atoms with Crippen molar-refractivity contribution in [3.8, 4) is 5.75 Å². The van der Waals surface area contributed by atoms with Crippen molar-refractivity contribution in [2.75, 3.05) is 0 Å². The van der Waals surface area contributed by atoms with Gasteiger partial charge in [0, 0.05) is 12.0 Å². The number of hydrogen-bond acceptors (Lipinski definition) is 2. The summed E-state index contributed by atoms with van der Waals surface area (Å²) < 4.78 is 41.3. The molecule has 0 aromatic heterocycles. The van der Waals surface area contributed by atoms with Gasteiger partial charge >= 0.3 is 6.61 Å². The molecule has 0 spiro atoms. The predicted molar refractivity (Wildman–Crippen MR) is 72.2 cm³/mol. The smallest absolute Gasteiger partial charge is 0.387 e. The Kier molecular flexibility index (Phi) is 4.62. The number of carbonyl (C=O) groups is 1. The molecule has 0 aliphatic heterocycles. The van der Waals surface area contributed by atoms with Crippen molar-refractivity contribution in [3.05, 3.63) is 65.0 Å². The first-order valence-electron chi connectivity index (χ1n) is 6.29. The van der Waals surface area contributed by atoms with Crippen molar-refractivity contribution < 1.29 is 22.7 Å². The second-order valence-electron chi connectivity index (χ2n) is 4.57. The Labute approximate surface area is 120 Å². The highest BCUT2D eigenvalue weighted by atomic mass is 19.3. The number of halogens is 3. The molecule has 5 heteroatoms. The lowest BCUT2D eigenvalue weighted by Gasteiger charge is -2.07. The lowest BCUT2D eigenvalue weighted by Crippen LogP contribution is -2.06. The number of carbonyl (C=O) groups excluding carboxylic acids is 1. The van der Waals surface area contributed by atoms with Gasteiger partial charge in [-0.1, -0.05) is 6.07 Å². The molecular weight excluding hydrogens is 281 g/mol. The van der Waals surface area contributed by atoms with Gasteiger partial charge in [-0.2, -0.15) is 8.78 Å². The van der Waals surface area contributed by atoms with E-state index in [1.807, 2.05) is 0 Å². The maximum Gasteiger partial charge on any atom is 0.387 e. The van der Waals surface area contributed by atoms with Gasteiger partial charge in [0.1, 0.15) is 11.6 Å². The fourth-order valence-corrected chi connectivity index (χ4v) is 1.95. The number of rotatable bonds is 5. The Balaban J connectivity index is 2.09. The first-order chi connectivity index (χ1) is 9.95. The summed E-state index contributed by atoms with van der Waals surface area (Å²) >= 11 is 0. The van der Waals surface area contributed by atoms with E-state index in [0.717, 1.165) is 5.56 Å². The van der Waals surface area contributed by atoms with Crippen molar-refractivity contribution >= 4 is 5.78 Å². The quantitative estimate of drug-likeness (QED) is 0.774. The minimum atomic E-state index is -2.89.